The largest absolute Gasteiger partial charge is 1.00 e. The molecule has 0 radical (unpaired) electrons. The van der Waals surface area contributed by atoms with Crippen LogP contribution in [0.3, 0.4) is 0 Å². The molecule has 0 unspecified atom stereocenters. The van der Waals surface area contributed by atoms with Gasteiger partial charge in [0.1, 0.15) is 0 Å². The highest BCUT2D eigenvalue weighted by molar-refractivity contribution is 5.73. The van der Waals surface area contributed by atoms with Crippen molar-refractivity contribution in [1.29, 1.82) is 0 Å². The summed E-state index contributed by atoms with van der Waals surface area (Å²) in [5, 5.41) is 0. The van der Waals surface area contributed by atoms with Crippen LogP contribution in [0.25, 0.3) is 0 Å². The monoisotopic (exact) mass is 391 g/mol. The minimum absolute atomic E-state index is 0. The standard InChI is InChI=1S/C19H42N3.BrH/c1-7-13-20-19(21(14-8-2)15-9-3)22(16-10-4,17-11-5)18-12-6;/h7-18H2,1-6H3;1H/q+1;/p-1. The molecule has 0 aromatic carbocycles. The minimum Gasteiger partial charge on any atom is -1.00 e. The van der Waals surface area contributed by atoms with E-state index in [1.165, 1.54) is 57.7 Å². The van der Waals surface area contributed by atoms with E-state index in [2.05, 4.69) is 46.4 Å². The lowest BCUT2D eigenvalue weighted by Gasteiger charge is -2.42. The quantitative estimate of drug-likeness (QED) is 0.282. The number of hydrogen-bond acceptors (Lipinski definition) is 1. The van der Waals surface area contributed by atoms with Crippen LogP contribution in [0.4, 0.5) is 0 Å². The van der Waals surface area contributed by atoms with Crippen LogP contribution in [0.15, 0.2) is 4.99 Å². The maximum absolute atomic E-state index is 5.12. The fourth-order valence-electron chi connectivity index (χ4n) is 3.53. The Bertz CT molecular complexity index is 269. The molecule has 0 N–H and O–H groups in total. The van der Waals surface area contributed by atoms with Crippen molar-refractivity contribution in [2.75, 3.05) is 39.3 Å². The van der Waals surface area contributed by atoms with Gasteiger partial charge in [-0.25, -0.2) is 4.99 Å². The average molecular weight is 392 g/mol. The van der Waals surface area contributed by atoms with E-state index in [-0.39, 0.29) is 17.0 Å². The molecule has 0 saturated heterocycles. The summed E-state index contributed by atoms with van der Waals surface area (Å²) in [6.45, 7) is 20.7. The molecule has 0 atom stereocenters. The number of guanidine groups is 1. The third kappa shape index (κ3) is 8.53. The number of hydrogen-bond donors (Lipinski definition) is 0. The zero-order chi connectivity index (χ0) is 16.8. The molecular formula is C19H42BrN3. The zero-order valence-electron chi connectivity index (χ0n) is 16.7. The summed E-state index contributed by atoms with van der Waals surface area (Å²) in [7, 11) is 0. The van der Waals surface area contributed by atoms with Crippen LogP contribution in [0.5, 0.6) is 0 Å². The Hall–Kier alpha value is -0.0900. The van der Waals surface area contributed by atoms with Gasteiger partial charge in [-0.05, 0) is 38.5 Å². The van der Waals surface area contributed by atoms with Crippen molar-refractivity contribution in [3.8, 4) is 0 Å². The highest BCUT2D eigenvalue weighted by Crippen LogP contribution is 2.18. The third-order valence-corrected chi connectivity index (χ3v) is 4.13. The van der Waals surface area contributed by atoms with E-state index in [9.17, 15) is 0 Å². The molecule has 0 aromatic heterocycles. The van der Waals surface area contributed by atoms with Gasteiger partial charge in [-0.1, -0.05) is 41.5 Å². The van der Waals surface area contributed by atoms with Crippen molar-refractivity contribution in [3.63, 3.8) is 0 Å². The highest BCUT2D eigenvalue weighted by Gasteiger charge is 2.35. The van der Waals surface area contributed by atoms with Gasteiger partial charge in [-0.2, -0.15) is 0 Å². The molecule has 0 bridgehead atoms. The summed E-state index contributed by atoms with van der Waals surface area (Å²) >= 11 is 0. The summed E-state index contributed by atoms with van der Waals surface area (Å²) in [6.07, 6.45) is 7.25. The summed E-state index contributed by atoms with van der Waals surface area (Å²) in [4.78, 5) is 7.72. The van der Waals surface area contributed by atoms with Gasteiger partial charge in [0, 0.05) is 19.6 Å². The summed E-state index contributed by atoms with van der Waals surface area (Å²) in [6, 6.07) is 0. The first-order chi connectivity index (χ1) is 10.7. The Morgan fingerprint density at radius 2 is 1.13 bits per heavy atom. The fraction of sp³-hybridized carbons (Fsp3) is 0.947. The Labute approximate surface area is 156 Å². The summed E-state index contributed by atoms with van der Waals surface area (Å²) in [5.74, 6) is 1.39. The summed E-state index contributed by atoms with van der Waals surface area (Å²) in [5.41, 5.74) is 0. The van der Waals surface area contributed by atoms with E-state index >= 15 is 0 Å². The van der Waals surface area contributed by atoms with E-state index in [0.717, 1.165) is 30.5 Å². The second-order valence-electron chi connectivity index (χ2n) is 6.48. The lowest BCUT2D eigenvalue weighted by Crippen LogP contribution is -3.00. The highest BCUT2D eigenvalue weighted by atomic mass is 79.9. The Morgan fingerprint density at radius 1 is 0.696 bits per heavy atom. The second-order valence-corrected chi connectivity index (χ2v) is 6.48. The third-order valence-electron chi connectivity index (χ3n) is 4.13. The van der Waals surface area contributed by atoms with Gasteiger partial charge in [-0.15, -0.1) is 0 Å². The molecule has 4 heteroatoms. The van der Waals surface area contributed by atoms with Crippen LogP contribution in [0.2, 0.25) is 0 Å². The zero-order valence-corrected chi connectivity index (χ0v) is 18.3. The number of quaternary nitrogens is 1. The smallest absolute Gasteiger partial charge is 0.300 e. The van der Waals surface area contributed by atoms with Gasteiger partial charge in [-0.3, -0.25) is 4.48 Å². The first-order valence-electron chi connectivity index (χ1n) is 9.81. The SMILES string of the molecule is CCCN=C(N(CCC)CCC)[N+](CCC)(CCC)CCC.[Br-]. The van der Waals surface area contributed by atoms with Crippen LogP contribution in [-0.2, 0) is 0 Å². The van der Waals surface area contributed by atoms with Crippen molar-refractivity contribution in [2.45, 2.75) is 80.1 Å². The van der Waals surface area contributed by atoms with Gasteiger partial charge in [0.25, 0.3) is 5.96 Å². The molecule has 0 spiro atoms. The van der Waals surface area contributed by atoms with Crippen molar-refractivity contribution in [3.05, 3.63) is 0 Å². The Kier molecular flexibility index (Phi) is 16.9. The van der Waals surface area contributed by atoms with Crippen molar-refractivity contribution < 1.29 is 21.5 Å². The number of nitrogens with zero attached hydrogens (tertiary/aromatic N) is 3. The van der Waals surface area contributed by atoms with Crippen LogP contribution >= 0.6 is 0 Å². The van der Waals surface area contributed by atoms with Crippen LogP contribution in [-0.4, -0.2) is 54.6 Å². The van der Waals surface area contributed by atoms with Crippen molar-refractivity contribution in [2.24, 2.45) is 4.99 Å². The van der Waals surface area contributed by atoms with E-state index < -0.39 is 0 Å². The maximum Gasteiger partial charge on any atom is 0.300 e. The van der Waals surface area contributed by atoms with Gasteiger partial charge in [0.2, 0.25) is 0 Å². The van der Waals surface area contributed by atoms with Crippen molar-refractivity contribution in [1.82, 2.24) is 4.90 Å². The predicted molar refractivity (Wildman–Crippen MR) is 100 cm³/mol. The number of rotatable bonds is 12. The van der Waals surface area contributed by atoms with Crippen LogP contribution in [0.1, 0.15) is 80.1 Å². The number of aliphatic imine (C=N–C) groups is 1. The van der Waals surface area contributed by atoms with E-state index in [1.54, 1.807) is 0 Å². The molecule has 0 heterocycles. The molecule has 0 aliphatic heterocycles. The Morgan fingerprint density at radius 3 is 1.43 bits per heavy atom. The van der Waals surface area contributed by atoms with E-state index in [0.29, 0.717) is 0 Å². The first-order valence-corrected chi connectivity index (χ1v) is 9.81. The second kappa shape index (κ2) is 15.4. The van der Waals surface area contributed by atoms with Gasteiger partial charge < -0.3 is 21.9 Å². The van der Waals surface area contributed by atoms with E-state index in [1.807, 2.05) is 0 Å². The Balaban J connectivity index is 0. The topological polar surface area (TPSA) is 15.6 Å². The molecular weight excluding hydrogens is 350 g/mol. The predicted octanol–water partition coefficient (Wildman–Crippen LogP) is 1.93. The minimum atomic E-state index is 0. The molecule has 0 aliphatic rings. The lowest BCUT2D eigenvalue weighted by atomic mass is 10.2. The maximum atomic E-state index is 5.12. The van der Waals surface area contributed by atoms with Crippen molar-refractivity contribution >= 4 is 5.96 Å². The molecule has 3 nitrogen and oxygen atoms in total. The molecule has 140 valence electrons. The lowest BCUT2D eigenvalue weighted by molar-refractivity contribution is -0.847. The molecule has 0 fully saturated rings. The normalized spacial score (nSPS) is 12.2. The summed E-state index contributed by atoms with van der Waals surface area (Å²) < 4.78 is 1.10. The molecule has 0 rings (SSSR count). The molecule has 0 aromatic rings. The van der Waals surface area contributed by atoms with E-state index in [4.69, 9.17) is 4.99 Å². The molecule has 23 heavy (non-hydrogen) atoms. The van der Waals surface area contributed by atoms with Gasteiger partial charge in [0.05, 0.1) is 19.6 Å². The first kappa shape index (κ1) is 25.2. The van der Waals surface area contributed by atoms with Crippen LogP contribution < -0.4 is 17.0 Å². The average Bonchev–Trinajstić information content (AvgIpc) is 2.49. The fourth-order valence-corrected chi connectivity index (χ4v) is 3.53. The van der Waals surface area contributed by atoms with Crippen LogP contribution in [0, 0.1) is 0 Å². The molecule has 0 saturated carbocycles. The van der Waals surface area contributed by atoms with Gasteiger partial charge >= 0.3 is 0 Å². The molecule has 0 amide bonds. The molecule has 0 aliphatic carbocycles. The number of halogens is 1. The van der Waals surface area contributed by atoms with Gasteiger partial charge in [0.15, 0.2) is 0 Å².